The van der Waals surface area contributed by atoms with Gasteiger partial charge < -0.3 is 0 Å². The smallest absolute Gasteiger partial charge is 0.0152 e. The maximum Gasteiger partial charge on any atom is -0.0152 e. The molecule has 0 aromatic heterocycles. The third kappa shape index (κ3) is 7.00. The van der Waals surface area contributed by atoms with Gasteiger partial charge in [-0.1, -0.05) is 99.5 Å². The lowest BCUT2D eigenvalue weighted by Gasteiger charge is -2.03. The largest absolute Gasteiger partial charge is 0.0683 e. The van der Waals surface area contributed by atoms with E-state index in [0.29, 0.717) is 0 Å². The predicted molar refractivity (Wildman–Crippen MR) is 112 cm³/mol. The third-order valence-corrected chi connectivity index (χ3v) is 3.58. The predicted octanol–water partition coefficient (Wildman–Crippen LogP) is 7.81. The van der Waals surface area contributed by atoms with Crippen LogP contribution in [-0.2, 0) is 0 Å². The minimum Gasteiger partial charge on any atom is -0.0683 e. The average Bonchev–Trinajstić information content (AvgIpc) is 2.65. The maximum atomic E-state index is 2.18. The molecule has 0 saturated carbocycles. The Morgan fingerprint density at radius 1 is 0.417 bits per heavy atom. The van der Waals surface area contributed by atoms with Gasteiger partial charge in [0.25, 0.3) is 0 Å². The summed E-state index contributed by atoms with van der Waals surface area (Å²) in [5.74, 6) is 0. The van der Waals surface area contributed by atoms with Crippen molar-refractivity contribution in [1.29, 1.82) is 0 Å². The van der Waals surface area contributed by atoms with Crippen molar-refractivity contribution < 1.29 is 0 Å². The number of aryl methyl sites for hydroxylation is 4. The topological polar surface area (TPSA) is 0 Å². The molecule has 24 heavy (non-hydrogen) atoms. The van der Waals surface area contributed by atoms with Gasteiger partial charge in [0.1, 0.15) is 0 Å². The van der Waals surface area contributed by atoms with Gasteiger partial charge in [-0.2, -0.15) is 0 Å². The van der Waals surface area contributed by atoms with Gasteiger partial charge in [0.05, 0.1) is 0 Å². The summed E-state index contributed by atoms with van der Waals surface area (Å²) in [5, 5.41) is 2.75. The second-order valence-corrected chi connectivity index (χ2v) is 5.40. The van der Waals surface area contributed by atoms with Crippen LogP contribution in [0.2, 0.25) is 0 Å². The fraction of sp³-hybridized carbons (Fsp3) is 0.333. The normalized spacial score (nSPS) is 8.83. The molecule has 3 aromatic carbocycles. The fourth-order valence-corrected chi connectivity index (χ4v) is 2.24. The van der Waals surface area contributed by atoms with Gasteiger partial charge in [-0.05, 0) is 49.6 Å². The number of fused-ring (bicyclic) bond motifs is 1. The standard InChI is InChI=1S/C12H12.C8H10.2C2H6/c1-9-7-8-10(2)12-6-4-3-5-11(9)12;1-7-3-5-8(2)6-4-7;2*1-2/h3-8H,1-2H3;3-6H,1-2H3;2*1-2H3. The van der Waals surface area contributed by atoms with Crippen LogP contribution in [0.5, 0.6) is 0 Å². The van der Waals surface area contributed by atoms with Crippen molar-refractivity contribution >= 4 is 10.8 Å². The number of benzene rings is 3. The summed E-state index contributed by atoms with van der Waals surface area (Å²) in [6.07, 6.45) is 0. The Labute approximate surface area is 149 Å². The van der Waals surface area contributed by atoms with Crippen LogP contribution in [0.3, 0.4) is 0 Å². The maximum absolute atomic E-state index is 2.18. The van der Waals surface area contributed by atoms with Crippen molar-refractivity contribution in [3.63, 3.8) is 0 Å². The van der Waals surface area contributed by atoms with E-state index in [2.05, 4.69) is 88.4 Å². The highest BCUT2D eigenvalue weighted by Crippen LogP contribution is 2.20. The zero-order valence-corrected chi connectivity index (χ0v) is 16.8. The Morgan fingerprint density at radius 2 is 0.708 bits per heavy atom. The lowest BCUT2D eigenvalue weighted by molar-refractivity contribution is 1.40. The van der Waals surface area contributed by atoms with Gasteiger partial charge in [-0.15, -0.1) is 0 Å². The van der Waals surface area contributed by atoms with Crippen molar-refractivity contribution in [3.8, 4) is 0 Å². The molecule has 0 amide bonds. The molecule has 0 N–H and O–H groups in total. The quantitative estimate of drug-likeness (QED) is 0.396. The van der Waals surface area contributed by atoms with Crippen LogP contribution in [0.4, 0.5) is 0 Å². The Morgan fingerprint density at radius 3 is 1.00 bits per heavy atom. The molecule has 3 rings (SSSR count). The Balaban J connectivity index is 0.000000385. The SMILES string of the molecule is CC.CC.Cc1ccc(C)c2ccccc12.Cc1ccc(C)cc1. The molecule has 0 bridgehead atoms. The highest BCUT2D eigenvalue weighted by atomic mass is 14.0. The Kier molecular flexibility index (Phi) is 11.3. The average molecular weight is 323 g/mol. The number of hydrogen-bond donors (Lipinski definition) is 0. The summed E-state index contributed by atoms with van der Waals surface area (Å²) in [6, 6.07) is 21.4. The zero-order valence-electron chi connectivity index (χ0n) is 16.8. The molecule has 0 radical (unpaired) electrons. The molecule has 0 nitrogen and oxygen atoms in total. The van der Waals surface area contributed by atoms with Crippen molar-refractivity contribution in [3.05, 3.63) is 82.9 Å². The van der Waals surface area contributed by atoms with Crippen LogP contribution in [0.1, 0.15) is 49.9 Å². The molecular weight excluding hydrogens is 288 g/mol. The molecule has 130 valence electrons. The first-order chi connectivity index (χ1) is 11.6. The molecule has 0 atom stereocenters. The van der Waals surface area contributed by atoms with E-state index in [4.69, 9.17) is 0 Å². The van der Waals surface area contributed by atoms with E-state index in [-0.39, 0.29) is 0 Å². The van der Waals surface area contributed by atoms with E-state index in [1.165, 1.54) is 33.0 Å². The van der Waals surface area contributed by atoms with Crippen LogP contribution in [0.15, 0.2) is 60.7 Å². The molecule has 0 spiro atoms. The molecule has 0 heteroatoms. The summed E-state index contributed by atoms with van der Waals surface area (Å²) in [4.78, 5) is 0. The lowest BCUT2D eigenvalue weighted by atomic mass is 10.0. The van der Waals surface area contributed by atoms with Gasteiger partial charge in [0.15, 0.2) is 0 Å². The first kappa shape index (κ1) is 21.9. The third-order valence-electron chi connectivity index (χ3n) is 3.58. The molecule has 0 aliphatic carbocycles. The molecule has 0 saturated heterocycles. The number of hydrogen-bond acceptors (Lipinski definition) is 0. The minimum absolute atomic E-state index is 1.33. The second kappa shape index (κ2) is 12.4. The van der Waals surface area contributed by atoms with E-state index in [9.17, 15) is 0 Å². The van der Waals surface area contributed by atoms with E-state index in [1.807, 2.05) is 27.7 Å². The highest BCUT2D eigenvalue weighted by molar-refractivity contribution is 5.88. The van der Waals surface area contributed by atoms with Crippen molar-refractivity contribution in [2.75, 3.05) is 0 Å². The van der Waals surface area contributed by atoms with E-state index in [0.717, 1.165) is 0 Å². The van der Waals surface area contributed by atoms with Gasteiger partial charge in [0, 0.05) is 0 Å². The Bertz CT molecular complexity index is 629. The molecule has 0 unspecified atom stereocenters. The Hall–Kier alpha value is -2.08. The fourth-order valence-electron chi connectivity index (χ4n) is 2.24. The molecule has 0 heterocycles. The monoisotopic (exact) mass is 322 g/mol. The summed E-state index contributed by atoms with van der Waals surface area (Å²) in [6.45, 7) is 16.5. The summed E-state index contributed by atoms with van der Waals surface area (Å²) < 4.78 is 0. The van der Waals surface area contributed by atoms with Crippen LogP contribution < -0.4 is 0 Å². The molecule has 3 aromatic rings. The summed E-state index contributed by atoms with van der Waals surface area (Å²) in [5.41, 5.74) is 5.37. The van der Waals surface area contributed by atoms with E-state index < -0.39 is 0 Å². The summed E-state index contributed by atoms with van der Waals surface area (Å²) >= 11 is 0. The lowest BCUT2D eigenvalue weighted by Crippen LogP contribution is -1.80. The summed E-state index contributed by atoms with van der Waals surface area (Å²) in [7, 11) is 0. The molecule has 0 fully saturated rings. The molecular formula is C24H34. The van der Waals surface area contributed by atoms with E-state index in [1.54, 1.807) is 0 Å². The van der Waals surface area contributed by atoms with Crippen molar-refractivity contribution in [2.45, 2.75) is 55.4 Å². The van der Waals surface area contributed by atoms with Crippen LogP contribution in [0.25, 0.3) is 10.8 Å². The van der Waals surface area contributed by atoms with Crippen LogP contribution in [-0.4, -0.2) is 0 Å². The first-order valence-electron chi connectivity index (χ1n) is 9.06. The van der Waals surface area contributed by atoms with E-state index >= 15 is 0 Å². The van der Waals surface area contributed by atoms with Gasteiger partial charge in [0.2, 0.25) is 0 Å². The second-order valence-electron chi connectivity index (χ2n) is 5.40. The minimum atomic E-state index is 1.33. The van der Waals surface area contributed by atoms with Crippen LogP contribution in [0, 0.1) is 27.7 Å². The molecule has 0 aliphatic heterocycles. The first-order valence-corrected chi connectivity index (χ1v) is 9.06. The van der Waals surface area contributed by atoms with Gasteiger partial charge in [-0.3, -0.25) is 0 Å². The zero-order chi connectivity index (χ0) is 18.5. The molecule has 0 aliphatic rings. The number of rotatable bonds is 0. The van der Waals surface area contributed by atoms with Gasteiger partial charge >= 0.3 is 0 Å². The van der Waals surface area contributed by atoms with Crippen molar-refractivity contribution in [1.82, 2.24) is 0 Å². The van der Waals surface area contributed by atoms with Crippen LogP contribution >= 0.6 is 0 Å². The van der Waals surface area contributed by atoms with Crippen molar-refractivity contribution in [2.24, 2.45) is 0 Å². The highest BCUT2D eigenvalue weighted by Gasteiger charge is 1.97. The van der Waals surface area contributed by atoms with Gasteiger partial charge in [-0.25, -0.2) is 0 Å².